The molecular formula is C14H30N2. The van der Waals surface area contributed by atoms with E-state index in [2.05, 4.69) is 51.8 Å². The molecule has 0 bridgehead atoms. The lowest BCUT2D eigenvalue weighted by molar-refractivity contribution is 0.0595. The van der Waals surface area contributed by atoms with E-state index in [0.717, 1.165) is 12.5 Å². The maximum absolute atomic E-state index is 3.62. The minimum absolute atomic E-state index is 0.274. The van der Waals surface area contributed by atoms with Gasteiger partial charge in [-0.05, 0) is 40.0 Å². The van der Waals surface area contributed by atoms with E-state index in [1.165, 1.54) is 19.4 Å². The molecule has 0 amide bonds. The van der Waals surface area contributed by atoms with Crippen molar-refractivity contribution in [3.8, 4) is 0 Å². The summed E-state index contributed by atoms with van der Waals surface area (Å²) in [5, 5.41) is 3.62. The Balaban J connectivity index is 2.55. The van der Waals surface area contributed by atoms with Crippen molar-refractivity contribution in [2.75, 3.05) is 13.1 Å². The van der Waals surface area contributed by atoms with Crippen LogP contribution in [0.5, 0.6) is 0 Å². The Kier molecular flexibility index (Phi) is 4.81. The Morgan fingerprint density at radius 2 is 2.00 bits per heavy atom. The minimum Gasteiger partial charge on any atom is -0.309 e. The molecule has 16 heavy (non-hydrogen) atoms. The van der Waals surface area contributed by atoms with Crippen LogP contribution in [-0.2, 0) is 0 Å². The van der Waals surface area contributed by atoms with E-state index >= 15 is 0 Å². The highest BCUT2D eigenvalue weighted by Crippen LogP contribution is 2.22. The molecule has 0 radical (unpaired) electrons. The van der Waals surface area contributed by atoms with Gasteiger partial charge in [0.1, 0.15) is 0 Å². The number of piperazine rings is 1. The van der Waals surface area contributed by atoms with Crippen LogP contribution >= 0.6 is 0 Å². The Hall–Kier alpha value is -0.0800. The summed E-state index contributed by atoms with van der Waals surface area (Å²) in [6.07, 6.45) is 2.63. The molecule has 2 nitrogen and oxygen atoms in total. The molecule has 1 aliphatic rings. The molecule has 0 spiro atoms. The van der Waals surface area contributed by atoms with Gasteiger partial charge in [0.2, 0.25) is 0 Å². The molecule has 3 atom stereocenters. The normalized spacial score (nSPS) is 30.0. The first-order valence-electron chi connectivity index (χ1n) is 6.86. The highest BCUT2D eigenvalue weighted by Gasteiger charge is 2.32. The number of hydrogen-bond acceptors (Lipinski definition) is 2. The summed E-state index contributed by atoms with van der Waals surface area (Å²) < 4.78 is 0. The van der Waals surface area contributed by atoms with Crippen molar-refractivity contribution in [3.63, 3.8) is 0 Å². The topological polar surface area (TPSA) is 15.3 Å². The van der Waals surface area contributed by atoms with E-state index in [1.54, 1.807) is 0 Å². The number of hydrogen-bond donors (Lipinski definition) is 1. The van der Waals surface area contributed by atoms with Crippen LogP contribution in [0.15, 0.2) is 0 Å². The lowest BCUT2D eigenvalue weighted by Crippen LogP contribution is -2.62. The second-order valence-electron chi connectivity index (χ2n) is 6.38. The van der Waals surface area contributed by atoms with Crippen LogP contribution in [0.25, 0.3) is 0 Å². The molecule has 1 aliphatic heterocycles. The smallest absolute Gasteiger partial charge is 0.0253 e. The summed E-state index contributed by atoms with van der Waals surface area (Å²) in [6, 6.07) is 1.39. The third-order valence-electron chi connectivity index (χ3n) is 4.03. The number of nitrogens with one attached hydrogen (secondary N) is 1. The molecule has 1 fully saturated rings. The van der Waals surface area contributed by atoms with Gasteiger partial charge in [-0.25, -0.2) is 0 Å². The fourth-order valence-corrected chi connectivity index (χ4v) is 2.68. The first-order chi connectivity index (χ1) is 7.35. The van der Waals surface area contributed by atoms with Gasteiger partial charge in [-0.2, -0.15) is 0 Å². The molecule has 0 aromatic carbocycles. The van der Waals surface area contributed by atoms with E-state index in [4.69, 9.17) is 0 Å². The van der Waals surface area contributed by atoms with Gasteiger partial charge in [-0.3, -0.25) is 4.90 Å². The molecule has 2 heteroatoms. The summed E-state index contributed by atoms with van der Waals surface area (Å²) in [7, 11) is 0. The molecule has 0 aromatic heterocycles. The maximum atomic E-state index is 3.62. The van der Waals surface area contributed by atoms with E-state index in [-0.39, 0.29) is 5.54 Å². The third kappa shape index (κ3) is 3.74. The fourth-order valence-electron chi connectivity index (χ4n) is 2.68. The standard InChI is InChI=1S/C14H30N2/c1-7-11(2)8-12(3)16-10-14(5,6)15-9-13(16)4/h11-13,15H,7-10H2,1-6H3. The van der Waals surface area contributed by atoms with E-state index in [0.29, 0.717) is 12.1 Å². The second kappa shape index (κ2) is 5.50. The summed E-state index contributed by atoms with van der Waals surface area (Å²) in [4.78, 5) is 2.68. The van der Waals surface area contributed by atoms with Gasteiger partial charge in [0.15, 0.2) is 0 Å². The maximum Gasteiger partial charge on any atom is 0.0253 e. The molecule has 0 aromatic rings. The molecule has 1 rings (SSSR count). The van der Waals surface area contributed by atoms with Crippen molar-refractivity contribution in [2.24, 2.45) is 5.92 Å². The van der Waals surface area contributed by atoms with Gasteiger partial charge in [0.05, 0.1) is 0 Å². The fraction of sp³-hybridized carbons (Fsp3) is 1.00. The van der Waals surface area contributed by atoms with Crippen molar-refractivity contribution in [1.82, 2.24) is 10.2 Å². The van der Waals surface area contributed by atoms with Crippen molar-refractivity contribution >= 4 is 0 Å². The summed E-state index contributed by atoms with van der Waals surface area (Å²) in [5.41, 5.74) is 0.274. The zero-order valence-electron chi connectivity index (χ0n) is 12.0. The molecule has 3 unspecified atom stereocenters. The monoisotopic (exact) mass is 226 g/mol. The SMILES string of the molecule is CCC(C)CC(C)N1CC(C)(C)NCC1C. The van der Waals surface area contributed by atoms with Gasteiger partial charge >= 0.3 is 0 Å². The van der Waals surface area contributed by atoms with Crippen molar-refractivity contribution in [3.05, 3.63) is 0 Å². The molecule has 0 saturated carbocycles. The van der Waals surface area contributed by atoms with E-state index in [9.17, 15) is 0 Å². The molecule has 1 heterocycles. The Bertz CT molecular complexity index is 213. The van der Waals surface area contributed by atoms with Gasteiger partial charge in [0.25, 0.3) is 0 Å². The molecule has 96 valence electrons. The van der Waals surface area contributed by atoms with Crippen molar-refractivity contribution in [2.45, 2.75) is 72.0 Å². The Labute approximate surface area is 102 Å². The van der Waals surface area contributed by atoms with Crippen LogP contribution in [0.3, 0.4) is 0 Å². The quantitative estimate of drug-likeness (QED) is 0.793. The zero-order chi connectivity index (χ0) is 12.3. The lowest BCUT2D eigenvalue weighted by atomic mass is 9.93. The molecule has 1 saturated heterocycles. The lowest BCUT2D eigenvalue weighted by Gasteiger charge is -2.46. The van der Waals surface area contributed by atoms with Crippen molar-refractivity contribution < 1.29 is 0 Å². The van der Waals surface area contributed by atoms with Crippen LogP contribution in [0.2, 0.25) is 0 Å². The second-order valence-corrected chi connectivity index (χ2v) is 6.38. The first kappa shape index (κ1) is 14.0. The predicted octanol–water partition coefficient (Wildman–Crippen LogP) is 2.88. The Morgan fingerprint density at radius 1 is 1.38 bits per heavy atom. The van der Waals surface area contributed by atoms with Crippen molar-refractivity contribution in [1.29, 1.82) is 0 Å². The van der Waals surface area contributed by atoms with Crippen LogP contribution < -0.4 is 5.32 Å². The zero-order valence-corrected chi connectivity index (χ0v) is 12.0. The van der Waals surface area contributed by atoms with Gasteiger partial charge in [0, 0.05) is 30.7 Å². The number of nitrogens with zero attached hydrogens (tertiary/aromatic N) is 1. The van der Waals surface area contributed by atoms with Crippen LogP contribution in [0.4, 0.5) is 0 Å². The van der Waals surface area contributed by atoms with Gasteiger partial charge < -0.3 is 5.32 Å². The molecule has 0 aliphatic carbocycles. The average Bonchev–Trinajstić information content (AvgIpc) is 2.21. The summed E-state index contributed by atoms with van der Waals surface area (Å²) in [5.74, 6) is 0.847. The van der Waals surface area contributed by atoms with Crippen LogP contribution in [0, 0.1) is 5.92 Å². The van der Waals surface area contributed by atoms with Gasteiger partial charge in [-0.15, -0.1) is 0 Å². The molecule has 1 N–H and O–H groups in total. The van der Waals surface area contributed by atoms with Crippen LogP contribution in [0.1, 0.15) is 54.4 Å². The number of rotatable bonds is 4. The Morgan fingerprint density at radius 3 is 2.56 bits per heavy atom. The highest BCUT2D eigenvalue weighted by molar-refractivity contribution is 4.92. The predicted molar refractivity (Wildman–Crippen MR) is 71.8 cm³/mol. The van der Waals surface area contributed by atoms with E-state index in [1.807, 2.05) is 0 Å². The summed E-state index contributed by atoms with van der Waals surface area (Å²) >= 11 is 0. The van der Waals surface area contributed by atoms with Gasteiger partial charge in [-0.1, -0.05) is 20.3 Å². The van der Waals surface area contributed by atoms with Crippen LogP contribution in [-0.4, -0.2) is 35.6 Å². The molecular weight excluding hydrogens is 196 g/mol. The van der Waals surface area contributed by atoms with E-state index < -0.39 is 0 Å². The average molecular weight is 226 g/mol. The highest BCUT2D eigenvalue weighted by atomic mass is 15.3. The third-order valence-corrected chi connectivity index (χ3v) is 4.03. The minimum atomic E-state index is 0.274. The summed E-state index contributed by atoms with van der Waals surface area (Å²) in [6.45, 7) is 16.3. The largest absolute Gasteiger partial charge is 0.309 e. The first-order valence-corrected chi connectivity index (χ1v) is 6.86.